The first-order valence-corrected chi connectivity index (χ1v) is 7.80. The molecule has 1 aliphatic heterocycles. The van der Waals surface area contributed by atoms with E-state index in [0.29, 0.717) is 17.6 Å². The Morgan fingerprint density at radius 1 is 1.13 bits per heavy atom. The van der Waals surface area contributed by atoms with Gasteiger partial charge in [0.2, 0.25) is 5.91 Å². The van der Waals surface area contributed by atoms with Crippen molar-refractivity contribution < 1.29 is 4.79 Å². The number of aromatic nitrogens is 4. The molecule has 0 unspecified atom stereocenters. The van der Waals surface area contributed by atoms with E-state index in [2.05, 4.69) is 25.3 Å². The predicted molar refractivity (Wildman–Crippen MR) is 86.0 cm³/mol. The van der Waals surface area contributed by atoms with Gasteiger partial charge in [-0.3, -0.25) is 14.8 Å². The summed E-state index contributed by atoms with van der Waals surface area (Å²) >= 11 is 0. The normalized spacial score (nSPS) is 15.4. The van der Waals surface area contributed by atoms with E-state index in [-0.39, 0.29) is 5.91 Å². The summed E-state index contributed by atoms with van der Waals surface area (Å²) in [6.45, 7) is 3.33. The van der Waals surface area contributed by atoms with Crippen LogP contribution in [0.4, 0.5) is 11.6 Å². The first-order chi connectivity index (χ1) is 11.2. The number of likely N-dealkylation sites (tertiary alicyclic amines) is 1. The summed E-state index contributed by atoms with van der Waals surface area (Å²) in [6.07, 6.45) is 11.4. The van der Waals surface area contributed by atoms with Crippen molar-refractivity contribution in [3.05, 3.63) is 36.7 Å². The van der Waals surface area contributed by atoms with Crippen LogP contribution in [0.3, 0.4) is 0 Å². The molecule has 3 heterocycles. The van der Waals surface area contributed by atoms with Crippen LogP contribution in [-0.2, 0) is 11.2 Å². The Labute approximate surface area is 135 Å². The molecule has 2 aromatic heterocycles. The van der Waals surface area contributed by atoms with Gasteiger partial charge in [-0.05, 0) is 25.2 Å². The number of rotatable bonds is 4. The maximum atomic E-state index is 11.3. The van der Waals surface area contributed by atoms with Gasteiger partial charge in [-0.2, -0.15) is 0 Å². The summed E-state index contributed by atoms with van der Waals surface area (Å²) in [5, 5.41) is 3.06. The molecule has 1 aliphatic rings. The number of nitrogens with one attached hydrogen (secondary N) is 1. The van der Waals surface area contributed by atoms with Crippen LogP contribution >= 0.6 is 0 Å². The van der Waals surface area contributed by atoms with Gasteiger partial charge >= 0.3 is 0 Å². The SMILES string of the molecule is CC(=O)N1CCC(Cc2cnc(Nc3cnccn3)cn2)CC1. The minimum atomic E-state index is 0.169. The molecule has 0 spiro atoms. The van der Waals surface area contributed by atoms with Crippen LogP contribution < -0.4 is 5.32 Å². The third kappa shape index (κ3) is 4.21. The molecule has 120 valence electrons. The van der Waals surface area contributed by atoms with Gasteiger partial charge in [0.15, 0.2) is 0 Å². The molecule has 2 aromatic rings. The molecule has 3 rings (SSSR count). The zero-order chi connectivity index (χ0) is 16.1. The van der Waals surface area contributed by atoms with Crippen molar-refractivity contribution in [2.24, 2.45) is 5.92 Å². The highest BCUT2D eigenvalue weighted by molar-refractivity contribution is 5.73. The first-order valence-electron chi connectivity index (χ1n) is 7.80. The number of anilines is 2. The zero-order valence-electron chi connectivity index (χ0n) is 13.1. The second-order valence-corrected chi connectivity index (χ2v) is 5.76. The van der Waals surface area contributed by atoms with E-state index in [9.17, 15) is 4.79 Å². The Bertz CT molecular complexity index is 637. The Hall–Kier alpha value is -2.57. The van der Waals surface area contributed by atoms with Crippen LogP contribution in [0.15, 0.2) is 31.0 Å². The standard InChI is InChI=1S/C16H20N6O/c1-12(23)22-6-2-13(3-7-22)8-14-9-20-16(11-19-14)21-15-10-17-4-5-18-15/h4-5,9-11,13H,2-3,6-8H2,1H3,(H,18,20,21). The number of carbonyl (C=O) groups excluding carboxylic acids is 1. The van der Waals surface area contributed by atoms with Gasteiger partial charge in [0, 0.05) is 32.4 Å². The molecule has 7 heteroatoms. The van der Waals surface area contributed by atoms with Crippen LogP contribution in [-0.4, -0.2) is 43.8 Å². The Morgan fingerprint density at radius 3 is 2.52 bits per heavy atom. The number of hydrogen-bond donors (Lipinski definition) is 1. The summed E-state index contributed by atoms with van der Waals surface area (Å²) in [6, 6.07) is 0. The number of amides is 1. The molecule has 0 saturated carbocycles. The molecule has 7 nitrogen and oxygen atoms in total. The van der Waals surface area contributed by atoms with E-state index >= 15 is 0 Å². The maximum absolute atomic E-state index is 11.3. The molecular weight excluding hydrogens is 292 g/mol. The minimum Gasteiger partial charge on any atom is -0.343 e. The fourth-order valence-electron chi connectivity index (χ4n) is 2.77. The molecular formula is C16H20N6O. The first kappa shape index (κ1) is 15.3. The lowest BCUT2D eigenvalue weighted by atomic mass is 9.92. The Morgan fingerprint density at radius 2 is 1.91 bits per heavy atom. The number of piperidine rings is 1. The summed E-state index contributed by atoms with van der Waals surface area (Å²) in [4.78, 5) is 30.2. The molecule has 0 atom stereocenters. The van der Waals surface area contributed by atoms with Gasteiger partial charge in [-0.1, -0.05) is 0 Å². The highest BCUT2D eigenvalue weighted by Crippen LogP contribution is 2.21. The minimum absolute atomic E-state index is 0.169. The quantitative estimate of drug-likeness (QED) is 0.927. The van der Waals surface area contributed by atoms with Crippen molar-refractivity contribution in [3.63, 3.8) is 0 Å². The van der Waals surface area contributed by atoms with Crippen molar-refractivity contribution in [1.82, 2.24) is 24.8 Å². The molecule has 0 aliphatic carbocycles. The molecule has 1 amide bonds. The van der Waals surface area contributed by atoms with E-state index in [4.69, 9.17) is 0 Å². The molecule has 23 heavy (non-hydrogen) atoms. The van der Waals surface area contributed by atoms with Gasteiger partial charge in [0.05, 0.1) is 24.3 Å². The second kappa shape index (κ2) is 7.13. The van der Waals surface area contributed by atoms with E-state index in [1.807, 2.05) is 4.90 Å². The van der Waals surface area contributed by atoms with Gasteiger partial charge in [0.1, 0.15) is 11.6 Å². The molecule has 1 N–H and O–H groups in total. The Kier molecular flexibility index (Phi) is 4.75. The zero-order valence-corrected chi connectivity index (χ0v) is 13.1. The van der Waals surface area contributed by atoms with Gasteiger partial charge in [0.25, 0.3) is 0 Å². The predicted octanol–water partition coefficient (Wildman–Crippen LogP) is 1.81. The molecule has 1 saturated heterocycles. The molecule has 0 radical (unpaired) electrons. The second-order valence-electron chi connectivity index (χ2n) is 5.76. The molecule has 1 fully saturated rings. The summed E-state index contributed by atoms with van der Waals surface area (Å²) in [5.41, 5.74) is 0.982. The highest BCUT2D eigenvalue weighted by Gasteiger charge is 2.21. The third-order valence-electron chi connectivity index (χ3n) is 4.08. The Balaban J connectivity index is 1.53. The van der Waals surface area contributed by atoms with E-state index in [0.717, 1.165) is 38.0 Å². The monoisotopic (exact) mass is 312 g/mol. The van der Waals surface area contributed by atoms with Crippen LogP contribution in [0.25, 0.3) is 0 Å². The number of hydrogen-bond acceptors (Lipinski definition) is 6. The van der Waals surface area contributed by atoms with Crippen LogP contribution in [0.1, 0.15) is 25.5 Å². The largest absolute Gasteiger partial charge is 0.343 e. The topological polar surface area (TPSA) is 83.9 Å². The van der Waals surface area contributed by atoms with Crippen molar-refractivity contribution in [2.75, 3.05) is 18.4 Å². The van der Waals surface area contributed by atoms with Crippen molar-refractivity contribution in [1.29, 1.82) is 0 Å². The van der Waals surface area contributed by atoms with Crippen LogP contribution in [0.2, 0.25) is 0 Å². The van der Waals surface area contributed by atoms with Gasteiger partial charge in [-0.15, -0.1) is 0 Å². The highest BCUT2D eigenvalue weighted by atomic mass is 16.2. The third-order valence-corrected chi connectivity index (χ3v) is 4.08. The lowest BCUT2D eigenvalue weighted by Gasteiger charge is -2.31. The number of nitrogens with zero attached hydrogens (tertiary/aromatic N) is 5. The van der Waals surface area contributed by atoms with Gasteiger partial charge < -0.3 is 10.2 Å². The average molecular weight is 312 g/mol. The van der Waals surface area contributed by atoms with Crippen molar-refractivity contribution >= 4 is 17.5 Å². The van der Waals surface area contributed by atoms with E-state index < -0.39 is 0 Å². The summed E-state index contributed by atoms with van der Waals surface area (Å²) < 4.78 is 0. The van der Waals surface area contributed by atoms with E-state index in [1.165, 1.54) is 0 Å². The number of carbonyl (C=O) groups is 1. The molecule has 0 aromatic carbocycles. The fraction of sp³-hybridized carbons (Fsp3) is 0.438. The fourth-order valence-corrected chi connectivity index (χ4v) is 2.77. The van der Waals surface area contributed by atoms with Crippen molar-refractivity contribution in [3.8, 4) is 0 Å². The average Bonchev–Trinajstić information content (AvgIpc) is 2.58. The van der Waals surface area contributed by atoms with Gasteiger partial charge in [-0.25, -0.2) is 9.97 Å². The molecule has 0 bridgehead atoms. The van der Waals surface area contributed by atoms with Crippen molar-refractivity contribution in [2.45, 2.75) is 26.2 Å². The maximum Gasteiger partial charge on any atom is 0.219 e. The lowest BCUT2D eigenvalue weighted by Crippen LogP contribution is -2.37. The lowest BCUT2D eigenvalue weighted by molar-refractivity contribution is -0.130. The van der Waals surface area contributed by atoms with E-state index in [1.54, 1.807) is 37.9 Å². The smallest absolute Gasteiger partial charge is 0.219 e. The summed E-state index contributed by atoms with van der Waals surface area (Å²) in [7, 11) is 0. The summed E-state index contributed by atoms with van der Waals surface area (Å²) in [5.74, 6) is 2.04. The van der Waals surface area contributed by atoms with Crippen LogP contribution in [0.5, 0.6) is 0 Å². The van der Waals surface area contributed by atoms with Crippen LogP contribution in [0, 0.1) is 5.92 Å².